The van der Waals surface area contributed by atoms with E-state index in [9.17, 15) is 9.59 Å². The molecule has 0 fully saturated rings. The van der Waals surface area contributed by atoms with Crippen molar-refractivity contribution < 1.29 is 14.7 Å². The van der Waals surface area contributed by atoms with Gasteiger partial charge in [0, 0.05) is 14.1 Å². The molecule has 0 aliphatic rings. The molecule has 7 heteroatoms. The molecule has 100 valence electrons. The molecule has 0 radical (unpaired) electrons. The van der Waals surface area contributed by atoms with Gasteiger partial charge in [-0.15, -0.1) is 5.10 Å². The highest BCUT2D eigenvalue weighted by Gasteiger charge is 2.20. The molecule has 0 saturated heterocycles. The Labute approximate surface area is 109 Å². The first-order valence-electron chi connectivity index (χ1n) is 5.71. The van der Waals surface area contributed by atoms with Crippen LogP contribution in [0.3, 0.4) is 0 Å². The Morgan fingerprint density at radius 3 is 2.63 bits per heavy atom. The molecule has 0 saturated carbocycles. The van der Waals surface area contributed by atoms with Crippen molar-refractivity contribution in [3.8, 4) is 0 Å². The van der Waals surface area contributed by atoms with Crippen LogP contribution in [0.5, 0.6) is 0 Å². The van der Waals surface area contributed by atoms with Gasteiger partial charge in [-0.25, -0.2) is 9.48 Å². The number of carbonyl (C=O) groups is 2. The van der Waals surface area contributed by atoms with Gasteiger partial charge in [0.15, 0.2) is 0 Å². The summed E-state index contributed by atoms with van der Waals surface area (Å²) in [6.45, 7) is 1.70. The number of amides is 1. The van der Waals surface area contributed by atoms with Crippen LogP contribution >= 0.6 is 0 Å². The van der Waals surface area contributed by atoms with Crippen LogP contribution in [0, 0.1) is 0 Å². The van der Waals surface area contributed by atoms with Gasteiger partial charge in [-0.2, -0.15) is 0 Å². The van der Waals surface area contributed by atoms with Crippen LogP contribution in [0.4, 0.5) is 0 Å². The molecule has 0 bridgehead atoms. The van der Waals surface area contributed by atoms with Crippen molar-refractivity contribution in [3.05, 3.63) is 23.8 Å². The predicted octanol–water partition coefficient (Wildman–Crippen LogP) is 0.779. The Balaban J connectivity index is 2.52. The normalized spacial score (nSPS) is 12.4. The zero-order valence-corrected chi connectivity index (χ0v) is 10.9. The first-order chi connectivity index (χ1) is 8.91. The average Bonchev–Trinajstić information content (AvgIpc) is 2.79. The smallest absolute Gasteiger partial charge is 0.335 e. The van der Waals surface area contributed by atoms with Gasteiger partial charge in [-0.3, -0.25) is 4.79 Å². The number of hydrogen-bond donors (Lipinski definition) is 1. The molecule has 7 nitrogen and oxygen atoms in total. The lowest BCUT2D eigenvalue weighted by atomic mass is 10.2. The second-order valence-corrected chi connectivity index (χ2v) is 4.45. The number of nitrogens with zero attached hydrogens (tertiary/aromatic N) is 4. The number of rotatable bonds is 3. The van der Waals surface area contributed by atoms with E-state index in [0.29, 0.717) is 11.0 Å². The molecular weight excluding hydrogens is 248 g/mol. The highest BCUT2D eigenvalue weighted by Crippen LogP contribution is 2.18. The Hall–Kier alpha value is -2.44. The first kappa shape index (κ1) is 13.0. The third-order valence-electron chi connectivity index (χ3n) is 2.88. The molecule has 2 aromatic rings. The van der Waals surface area contributed by atoms with Gasteiger partial charge >= 0.3 is 5.97 Å². The minimum absolute atomic E-state index is 0.132. The maximum absolute atomic E-state index is 11.9. The second-order valence-electron chi connectivity index (χ2n) is 4.45. The van der Waals surface area contributed by atoms with E-state index in [-0.39, 0.29) is 11.5 Å². The van der Waals surface area contributed by atoms with Crippen molar-refractivity contribution in [2.45, 2.75) is 13.0 Å². The Morgan fingerprint density at radius 2 is 2.05 bits per heavy atom. The van der Waals surface area contributed by atoms with E-state index < -0.39 is 12.0 Å². The number of hydrogen-bond acceptors (Lipinski definition) is 4. The van der Waals surface area contributed by atoms with Crippen molar-refractivity contribution in [1.82, 2.24) is 19.9 Å². The number of aromatic carboxylic acids is 1. The van der Waals surface area contributed by atoms with E-state index in [1.165, 1.54) is 21.7 Å². The molecule has 19 heavy (non-hydrogen) atoms. The van der Waals surface area contributed by atoms with Crippen LogP contribution in [-0.4, -0.2) is 51.0 Å². The van der Waals surface area contributed by atoms with Crippen molar-refractivity contribution in [1.29, 1.82) is 0 Å². The largest absolute Gasteiger partial charge is 0.478 e. The van der Waals surface area contributed by atoms with Crippen LogP contribution in [0.1, 0.15) is 23.3 Å². The molecule has 1 unspecified atom stereocenters. The number of carbonyl (C=O) groups excluding carboxylic acids is 1. The maximum Gasteiger partial charge on any atom is 0.335 e. The van der Waals surface area contributed by atoms with Gasteiger partial charge in [-0.1, -0.05) is 5.21 Å². The van der Waals surface area contributed by atoms with Gasteiger partial charge in [0.25, 0.3) is 0 Å². The van der Waals surface area contributed by atoms with E-state index in [1.54, 1.807) is 27.1 Å². The summed E-state index contributed by atoms with van der Waals surface area (Å²) in [5, 5.41) is 16.8. The quantitative estimate of drug-likeness (QED) is 0.883. The lowest BCUT2D eigenvalue weighted by Gasteiger charge is -2.17. The number of likely N-dealkylation sites (N-methyl/N-ethyl adjacent to an activating group) is 1. The minimum Gasteiger partial charge on any atom is -0.478 e. The van der Waals surface area contributed by atoms with Crippen LogP contribution in [0.2, 0.25) is 0 Å². The highest BCUT2D eigenvalue weighted by atomic mass is 16.4. The van der Waals surface area contributed by atoms with E-state index in [1.807, 2.05) is 0 Å². The first-order valence-corrected chi connectivity index (χ1v) is 5.71. The standard InChI is InChI=1S/C12H14N4O3/c1-7(11(17)15(2)3)16-10-6-8(12(18)19)4-5-9(10)13-14-16/h4-7H,1-3H3,(H,18,19). The number of benzene rings is 1. The molecule has 1 aromatic heterocycles. The van der Waals surface area contributed by atoms with E-state index in [0.717, 1.165) is 0 Å². The third kappa shape index (κ3) is 2.26. The molecule has 0 aliphatic carbocycles. The summed E-state index contributed by atoms with van der Waals surface area (Å²) >= 11 is 0. The zero-order chi connectivity index (χ0) is 14.2. The van der Waals surface area contributed by atoms with Gasteiger partial charge in [0.2, 0.25) is 5.91 Å². The van der Waals surface area contributed by atoms with Crippen LogP contribution < -0.4 is 0 Å². The fourth-order valence-corrected chi connectivity index (χ4v) is 1.83. The summed E-state index contributed by atoms with van der Waals surface area (Å²) in [5.41, 5.74) is 1.23. The summed E-state index contributed by atoms with van der Waals surface area (Å²) in [6, 6.07) is 3.97. The molecule has 0 aliphatic heterocycles. The number of fused-ring (bicyclic) bond motifs is 1. The lowest BCUT2D eigenvalue weighted by molar-refractivity contribution is -0.131. The average molecular weight is 262 g/mol. The van der Waals surface area contributed by atoms with E-state index in [4.69, 9.17) is 5.11 Å². The number of aromatic nitrogens is 3. The van der Waals surface area contributed by atoms with Crippen molar-refractivity contribution in [2.24, 2.45) is 0 Å². The highest BCUT2D eigenvalue weighted by molar-refractivity contribution is 5.92. The van der Waals surface area contributed by atoms with Crippen molar-refractivity contribution >= 4 is 22.9 Å². The van der Waals surface area contributed by atoms with Crippen molar-refractivity contribution in [2.75, 3.05) is 14.1 Å². The van der Waals surface area contributed by atoms with Crippen LogP contribution in [-0.2, 0) is 4.79 Å². The molecule has 1 aromatic carbocycles. The van der Waals surface area contributed by atoms with Gasteiger partial charge in [-0.05, 0) is 25.1 Å². The van der Waals surface area contributed by atoms with E-state index >= 15 is 0 Å². The molecule has 1 atom stereocenters. The Morgan fingerprint density at radius 1 is 1.37 bits per heavy atom. The van der Waals surface area contributed by atoms with Gasteiger partial charge < -0.3 is 10.0 Å². The topological polar surface area (TPSA) is 88.3 Å². The summed E-state index contributed by atoms with van der Waals surface area (Å²) in [4.78, 5) is 24.3. The predicted molar refractivity (Wildman–Crippen MR) is 67.9 cm³/mol. The molecule has 2 rings (SSSR count). The Kier molecular flexibility index (Phi) is 3.20. The molecule has 1 N–H and O–H groups in total. The third-order valence-corrected chi connectivity index (χ3v) is 2.88. The number of carboxylic acid groups (broad SMARTS) is 1. The molecular formula is C12H14N4O3. The molecule has 0 spiro atoms. The second kappa shape index (κ2) is 4.68. The summed E-state index contributed by atoms with van der Waals surface area (Å²) < 4.78 is 1.43. The lowest BCUT2D eigenvalue weighted by Crippen LogP contribution is -2.30. The summed E-state index contributed by atoms with van der Waals surface area (Å²) in [7, 11) is 3.31. The summed E-state index contributed by atoms with van der Waals surface area (Å²) in [5.74, 6) is -1.16. The van der Waals surface area contributed by atoms with Crippen LogP contribution in [0.25, 0.3) is 11.0 Å². The SMILES string of the molecule is CC(C(=O)N(C)C)n1nnc2ccc(C(=O)O)cc21. The summed E-state index contributed by atoms with van der Waals surface area (Å²) in [6.07, 6.45) is 0. The van der Waals surface area contributed by atoms with Gasteiger partial charge in [0.05, 0.1) is 11.1 Å². The van der Waals surface area contributed by atoms with Crippen molar-refractivity contribution in [3.63, 3.8) is 0 Å². The fourth-order valence-electron chi connectivity index (χ4n) is 1.83. The molecule has 1 amide bonds. The maximum atomic E-state index is 11.9. The zero-order valence-electron chi connectivity index (χ0n) is 10.9. The Bertz CT molecular complexity index is 647. The fraction of sp³-hybridized carbons (Fsp3) is 0.333. The van der Waals surface area contributed by atoms with Gasteiger partial charge in [0.1, 0.15) is 11.6 Å². The molecule has 1 heterocycles. The van der Waals surface area contributed by atoms with E-state index in [2.05, 4.69) is 10.3 Å². The minimum atomic E-state index is -1.03. The van der Waals surface area contributed by atoms with Crippen LogP contribution in [0.15, 0.2) is 18.2 Å². The number of carboxylic acids is 1. The monoisotopic (exact) mass is 262 g/mol.